The number of thiophene rings is 1. The van der Waals surface area contributed by atoms with Crippen LogP contribution in [-0.2, 0) is 13.0 Å². The maximum absolute atomic E-state index is 11.9. The van der Waals surface area contributed by atoms with Gasteiger partial charge in [-0.15, -0.1) is 11.3 Å². The van der Waals surface area contributed by atoms with E-state index in [1.165, 1.54) is 16.6 Å². The smallest absolute Gasteiger partial charge is 0.255 e. The second kappa shape index (κ2) is 5.64. The fraction of sp³-hybridized carbons (Fsp3) is 0.231. The third-order valence-electron chi connectivity index (χ3n) is 2.73. The van der Waals surface area contributed by atoms with E-state index < -0.39 is 0 Å². The molecule has 2 aromatic heterocycles. The lowest BCUT2D eigenvalue weighted by Crippen LogP contribution is -2.23. The zero-order valence-electron chi connectivity index (χ0n) is 10.1. The molecule has 2 rings (SSSR count). The van der Waals surface area contributed by atoms with Gasteiger partial charge in [-0.2, -0.15) is 0 Å². The highest BCUT2D eigenvalue weighted by Crippen LogP contribution is 2.17. The number of aromatic nitrogens is 1. The summed E-state index contributed by atoms with van der Waals surface area (Å²) in [5, 5.41) is 4.91. The molecule has 0 bridgehead atoms. The summed E-state index contributed by atoms with van der Waals surface area (Å²) in [5.74, 6) is -0.184. The normalized spacial score (nSPS) is 10.3. The SMILES string of the molecule is CCc1ccsc1CNC(=O)c1cnccc1N. The lowest BCUT2D eigenvalue weighted by molar-refractivity contribution is 0.0952. The molecule has 5 heteroatoms. The van der Waals surface area contributed by atoms with Crippen molar-refractivity contribution < 1.29 is 4.79 Å². The summed E-state index contributed by atoms with van der Waals surface area (Å²) in [6.45, 7) is 2.64. The maximum Gasteiger partial charge on any atom is 0.255 e. The van der Waals surface area contributed by atoms with Gasteiger partial charge in [0, 0.05) is 23.0 Å². The lowest BCUT2D eigenvalue weighted by atomic mass is 10.2. The topological polar surface area (TPSA) is 68.0 Å². The number of nitrogens with zero attached hydrogens (tertiary/aromatic N) is 1. The predicted octanol–water partition coefficient (Wildman–Crippen LogP) is 2.22. The van der Waals surface area contributed by atoms with Crippen LogP contribution in [0, 0.1) is 0 Å². The zero-order valence-corrected chi connectivity index (χ0v) is 11.0. The van der Waals surface area contributed by atoms with Crippen molar-refractivity contribution in [1.82, 2.24) is 10.3 Å². The van der Waals surface area contributed by atoms with Crippen molar-refractivity contribution in [1.29, 1.82) is 0 Å². The standard InChI is InChI=1S/C13H15N3OS/c1-2-9-4-6-18-12(9)8-16-13(17)10-7-15-5-3-11(10)14/h3-7H,2,8H2,1H3,(H2,14,15)(H,16,17). The Balaban J connectivity index is 2.03. The van der Waals surface area contributed by atoms with Crippen LogP contribution in [0.15, 0.2) is 29.9 Å². The van der Waals surface area contributed by atoms with E-state index in [9.17, 15) is 4.79 Å². The first-order chi connectivity index (χ1) is 8.72. The minimum Gasteiger partial charge on any atom is -0.398 e. The van der Waals surface area contributed by atoms with Gasteiger partial charge in [-0.3, -0.25) is 9.78 Å². The number of anilines is 1. The summed E-state index contributed by atoms with van der Waals surface area (Å²) in [5.41, 5.74) is 7.88. The Bertz CT molecular complexity index is 551. The van der Waals surface area contributed by atoms with Gasteiger partial charge in [-0.05, 0) is 29.5 Å². The lowest BCUT2D eigenvalue weighted by Gasteiger charge is -2.07. The van der Waals surface area contributed by atoms with Crippen LogP contribution in [0.1, 0.15) is 27.7 Å². The first-order valence-electron chi connectivity index (χ1n) is 5.75. The number of hydrogen-bond acceptors (Lipinski definition) is 4. The van der Waals surface area contributed by atoms with Gasteiger partial charge >= 0.3 is 0 Å². The summed E-state index contributed by atoms with van der Waals surface area (Å²) in [4.78, 5) is 17.0. The van der Waals surface area contributed by atoms with Crippen LogP contribution in [0.3, 0.4) is 0 Å². The number of amides is 1. The summed E-state index contributed by atoms with van der Waals surface area (Å²) in [6, 6.07) is 3.71. The molecule has 94 valence electrons. The number of carbonyl (C=O) groups is 1. The maximum atomic E-state index is 11.9. The molecule has 0 spiro atoms. The zero-order chi connectivity index (χ0) is 13.0. The van der Waals surface area contributed by atoms with Crippen molar-refractivity contribution in [2.75, 3.05) is 5.73 Å². The van der Waals surface area contributed by atoms with Crippen LogP contribution in [0.2, 0.25) is 0 Å². The van der Waals surface area contributed by atoms with Crippen LogP contribution < -0.4 is 11.1 Å². The predicted molar refractivity (Wildman–Crippen MR) is 73.5 cm³/mol. The second-order valence-electron chi connectivity index (χ2n) is 3.87. The molecule has 0 atom stereocenters. The Labute approximate surface area is 110 Å². The summed E-state index contributed by atoms with van der Waals surface area (Å²) >= 11 is 1.65. The van der Waals surface area contributed by atoms with Crippen molar-refractivity contribution in [3.05, 3.63) is 45.9 Å². The van der Waals surface area contributed by atoms with Crippen LogP contribution >= 0.6 is 11.3 Å². The molecular formula is C13H15N3OS. The van der Waals surface area contributed by atoms with E-state index in [2.05, 4.69) is 23.3 Å². The fourth-order valence-electron chi connectivity index (χ4n) is 1.69. The van der Waals surface area contributed by atoms with Gasteiger partial charge in [0.15, 0.2) is 0 Å². The highest BCUT2D eigenvalue weighted by Gasteiger charge is 2.10. The average Bonchev–Trinajstić information content (AvgIpc) is 2.84. The Kier molecular flexibility index (Phi) is 3.94. The number of aryl methyl sites for hydroxylation is 1. The van der Waals surface area contributed by atoms with Crippen molar-refractivity contribution in [2.45, 2.75) is 19.9 Å². The molecule has 0 aliphatic rings. The van der Waals surface area contributed by atoms with Crippen LogP contribution in [0.4, 0.5) is 5.69 Å². The van der Waals surface area contributed by atoms with E-state index in [0.29, 0.717) is 17.8 Å². The number of nitrogens with one attached hydrogen (secondary N) is 1. The van der Waals surface area contributed by atoms with Gasteiger partial charge in [0.1, 0.15) is 0 Å². The van der Waals surface area contributed by atoms with Crippen LogP contribution in [-0.4, -0.2) is 10.9 Å². The van der Waals surface area contributed by atoms with Crippen molar-refractivity contribution in [3.8, 4) is 0 Å². The molecule has 0 saturated heterocycles. The molecule has 1 amide bonds. The highest BCUT2D eigenvalue weighted by atomic mass is 32.1. The Morgan fingerprint density at radius 1 is 1.50 bits per heavy atom. The summed E-state index contributed by atoms with van der Waals surface area (Å²) in [7, 11) is 0. The number of rotatable bonds is 4. The molecule has 0 aliphatic carbocycles. The monoisotopic (exact) mass is 261 g/mol. The molecule has 0 aromatic carbocycles. The molecule has 0 radical (unpaired) electrons. The van der Waals surface area contributed by atoms with Gasteiger partial charge in [-0.25, -0.2) is 0 Å². The van der Waals surface area contributed by atoms with Crippen LogP contribution in [0.5, 0.6) is 0 Å². The molecule has 18 heavy (non-hydrogen) atoms. The van der Waals surface area contributed by atoms with Crippen LogP contribution in [0.25, 0.3) is 0 Å². The molecule has 2 aromatic rings. The second-order valence-corrected chi connectivity index (χ2v) is 4.87. The van der Waals surface area contributed by atoms with Crippen molar-refractivity contribution >= 4 is 22.9 Å². The fourth-order valence-corrected chi connectivity index (χ4v) is 2.60. The largest absolute Gasteiger partial charge is 0.398 e. The van der Waals surface area contributed by atoms with Gasteiger partial charge in [-0.1, -0.05) is 6.92 Å². The molecule has 0 saturated carbocycles. The van der Waals surface area contributed by atoms with Gasteiger partial charge < -0.3 is 11.1 Å². The number of pyridine rings is 1. The Morgan fingerprint density at radius 3 is 3.06 bits per heavy atom. The highest BCUT2D eigenvalue weighted by molar-refractivity contribution is 7.10. The van der Waals surface area contributed by atoms with Crippen molar-refractivity contribution in [2.24, 2.45) is 0 Å². The number of hydrogen-bond donors (Lipinski definition) is 2. The minimum absolute atomic E-state index is 0.184. The number of nitrogens with two attached hydrogens (primary N) is 1. The van der Waals surface area contributed by atoms with E-state index in [4.69, 9.17) is 5.73 Å². The van der Waals surface area contributed by atoms with Gasteiger partial charge in [0.05, 0.1) is 12.1 Å². The Morgan fingerprint density at radius 2 is 2.33 bits per heavy atom. The summed E-state index contributed by atoms with van der Waals surface area (Å²) in [6.07, 6.45) is 4.03. The minimum atomic E-state index is -0.184. The third kappa shape index (κ3) is 2.68. The van der Waals surface area contributed by atoms with E-state index in [-0.39, 0.29) is 5.91 Å². The molecule has 0 fully saturated rings. The first kappa shape index (κ1) is 12.6. The first-order valence-corrected chi connectivity index (χ1v) is 6.63. The van der Waals surface area contributed by atoms with E-state index in [1.54, 1.807) is 23.6 Å². The van der Waals surface area contributed by atoms with E-state index in [0.717, 1.165) is 6.42 Å². The van der Waals surface area contributed by atoms with Gasteiger partial charge in [0.25, 0.3) is 5.91 Å². The quantitative estimate of drug-likeness (QED) is 0.886. The van der Waals surface area contributed by atoms with Gasteiger partial charge in [0.2, 0.25) is 0 Å². The number of carbonyl (C=O) groups excluding carboxylic acids is 1. The molecule has 2 heterocycles. The third-order valence-corrected chi connectivity index (χ3v) is 3.69. The molecule has 3 N–H and O–H groups in total. The summed E-state index contributed by atoms with van der Waals surface area (Å²) < 4.78 is 0. The molecule has 0 unspecified atom stereocenters. The molecular weight excluding hydrogens is 246 g/mol. The Hall–Kier alpha value is -1.88. The number of nitrogen functional groups attached to an aromatic ring is 1. The average molecular weight is 261 g/mol. The van der Waals surface area contributed by atoms with E-state index >= 15 is 0 Å². The van der Waals surface area contributed by atoms with E-state index in [1.807, 2.05) is 5.38 Å². The molecule has 4 nitrogen and oxygen atoms in total. The molecule has 0 aliphatic heterocycles. The van der Waals surface area contributed by atoms with Crippen molar-refractivity contribution in [3.63, 3.8) is 0 Å².